The van der Waals surface area contributed by atoms with Crippen LogP contribution >= 0.6 is 22.7 Å². The first kappa shape index (κ1) is 31.5. The van der Waals surface area contributed by atoms with Crippen LogP contribution in [0.25, 0.3) is 0 Å². The number of carbonyl (C=O) groups is 2. The number of thiazole rings is 2. The van der Waals surface area contributed by atoms with Crippen molar-refractivity contribution in [2.75, 3.05) is 10.6 Å². The Labute approximate surface area is 237 Å². The zero-order valence-electron chi connectivity index (χ0n) is 20.1. The van der Waals surface area contributed by atoms with Crippen LogP contribution in [0.3, 0.4) is 0 Å². The van der Waals surface area contributed by atoms with Crippen LogP contribution in [-0.4, -0.2) is 31.6 Å². The standard InChI is InChI=1S/2C11H6F3N3O3S/c2*12-11(13,14)7-3-1-6(2-4-7)9(18)16-10-15-5-8(21-10)17(19)20/h2*1-5H,(H,15,16,18). The molecule has 0 radical (unpaired) electrons. The first-order chi connectivity index (χ1) is 19.5. The average molecular weight is 634 g/mol. The Morgan fingerprint density at radius 2 is 0.952 bits per heavy atom. The lowest BCUT2D eigenvalue weighted by atomic mass is 10.1. The zero-order valence-corrected chi connectivity index (χ0v) is 21.7. The SMILES string of the molecule is O=C(Nc1ncc([N+](=O)[O-])s1)c1ccc(C(F)(F)F)cc1.O=C(Nc1ncc([N+](=O)[O-])s1)c1ccc(C(F)(F)F)cc1. The van der Waals surface area contributed by atoms with Gasteiger partial charge < -0.3 is 0 Å². The Morgan fingerprint density at radius 1 is 0.643 bits per heavy atom. The predicted molar refractivity (Wildman–Crippen MR) is 136 cm³/mol. The van der Waals surface area contributed by atoms with E-state index in [2.05, 4.69) is 20.6 Å². The van der Waals surface area contributed by atoms with Crippen molar-refractivity contribution >= 4 is 54.8 Å². The van der Waals surface area contributed by atoms with Crippen LogP contribution < -0.4 is 10.6 Å². The number of hydrogen-bond donors (Lipinski definition) is 2. The molecule has 2 amide bonds. The number of nitrogens with zero attached hydrogens (tertiary/aromatic N) is 4. The maximum absolute atomic E-state index is 12.4. The van der Waals surface area contributed by atoms with Gasteiger partial charge in [-0.05, 0) is 71.2 Å². The molecule has 42 heavy (non-hydrogen) atoms. The lowest BCUT2D eigenvalue weighted by Crippen LogP contribution is -2.12. The number of hydrogen-bond acceptors (Lipinski definition) is 10. The quantitative estimate of drug-likeness (QED) is 0.135. The smallest absolute Gasteiger partial charge is 0.298 e. The molecule has 0 saturated heterocycles. The Bertz CT molecular complexity index is 1480. The van der Waals surface area contributed by atoms with E-state index in [4.69, 9.17) is 0 Å². The van der Waals surface area contributed by atoms with Gasteiger partial charge in [0.05, 0.1) is 21.0 Å². The summed E-state index contributed by atoms with van der Waals surface area (Å²) in [5, 5.41) is 24.9. The van der Waals surface area contributed by atoms with E-state index in [9.17, 15) is 56.2 Å². The van der Waals surface area contributed by atoms with E-state index in [0.29, 0.717) is 22.7 Å². The van der Waals surface area contributed by atoms with E-state index in [1.54, 1.807) is 0 Å². The fraction of sp³-hybridized carbons (Fsp3) is 0.0909. The van der Waals surface area contributed by atoms with Gasteiger partial charge in [-0.1, -0.05) is 0 Å². The van der Waals surface area contributed by atoms with E-state index in [1.165, 1.54) is 0 Å². The van der Waals surface area contributed by atoms with Gasteiger partial charge in [-0.25, -0.2) is 9.97 Å². The summed E-state index contributed by atoms with van der Waals surface area (Å²) < 4.78 is 74.2. The second-order valence-corrected chi connectivity index (χ2v) is 9.60. The maximum Gasteiger partial charge on any atom is 0.416 e. The first-order valence-electron chi connectivity index (χ1n) is 10.7. The molecule has 0 spiro atoms. The molecule has 220 valence electrons. The van der Waals surface area contributed by atoms with Gasteiger partial charge >= 0.3 is 22.4 Å². The summed E-state index contributed by atoms with van der Waals surface area (Å²) in [4.78, 5) is 50.4. The number of carbonyl (C=O) groups excluding carboxylic acids is 2. The Morgan fingerprint density at radius 3 is 1.19 bits per heavy atom. The summed E-state index contributed by atoms with van der Waals surface area (Å²) in [5.74, 6) is -1.40. The van der Waals surface area contributed by atoms with E-state index in [0.717, 1.165) is 60.9 Å². The highest BCUT2D eigenvalue weighted by Crippen LogP contribution is 2.31. The highest BCUT2D eigenvalue weighted by molar-refractivity contribution is 7.19. The molecule has 0 fully saturated rings. The number of nitrogens with one attached hydrogen (secondary N) is 2. The Kier molecular flexibility index (Phi) is 9.53. The molecule has 0 atom stereocenters. The highest BCUT2D eigenvalue weighted by Gasteiger charge is 2.31. The monoisotopic (exact) mass is 634 g/mol. The van der Waals surface area contributed by atoms with Crippen LogP contribution in [0.1, 0.15) is 31.8 Å². The average Bonchev–Trinajstić information content (AvgIpc) is 3.58. The van der Waals surface area contributed by atoms with Crippen molar-refractivity contribution in [3.05, 3.63) is 103 Å². The van der Waals surface area contributed by atoms with Crippen molar-refractivity contribution in [2.45, 2.75) is 12.4 Å². The molecule has 0 aliphatic carbocycles. The number of alkyl halides is 6. The number of benzene rings is 2. The molecular weight excluding hydrogens is 622 g/mol. The van der Waals surface area contributed by atoms with Gasteiger partial charge in [0.1, 0.15) is 12.4 Å². The van der Waals surface area contributed by atoms with Crippen molar-refractivity contribution in [3.8, 4) is 0 Å². The van der Waals surface area contributed by atoms with Crippen LogP contribution in [0.15, 0.2) is 60.9 Å². The Hall–Kier alpha value is -4.98. The molecule has 0 aliphatic rings. The molecule has 12 nitrogen and oxygen atoms in total. The minimum Gasteiger partial charge on any atom is -0.298 e. The number of aromatic nitrogens is 2. The summed E-state index contributed by atoms with van der Waals surface area (Å²) >= 11 is 1.30. The summed E-state index contributed by atoms with van der Waals surface area (Å²) in [7, 11) is 0. The molecule has 2 aromatic carbocycles. The number of amides is 2. The van der Waals surface area contributed by atoms with Gasteiger partial charge in [-0.3, -0.25) is 40.5 Å². The second kappa shape index (κ2) is 12.7. The summed E-state index contributed by atoms with van der Waals surface area (Å²) in [6.45, 7) is 0. The first-order valence-corrected chi connectivity index (χ1v) is 12.4. The lowest BCUT2D eigenvalue weighted by Gasteiger charge is -2.07. The summed E-state index contributed by atoms with van der Waals surface area (Å²) in [6.07, 6.45) is -7.00. The van der Waals surface area contributed by atoms with Crippen molar-refractivity contribution < 1.29 is 45.8 Å². The van der Waals surface area contributed by atoms with Gasteiger partial charge in [0, 0.05) is 11.1 Å². The molecule has 0 aliphatic heterocycles. The number of nitro groups is 2. The normalized spacial score (nSPS) is 11.2. The van der Waals surface area contributed by atoms with Crippen LogP contribution in [0.5, 0.6) is 0 Å². The van der Waals surface area contributed by atoms with E-state index in [1.807, 2.05) is 0 Å². The molecule has 2 heterocycles. The molecule has 20 heteroatoms. The molecule has 4 aromatic rings. The molecule has 0 saturated carbocycles. The number of rotatable bonds is 6. The van der Waals surface area contributed by atoms with E-state index >= 15 is 0 Å². The van der Waals surface area contributed by atoms with Gasteiger partial charge in [-0.2, -0.15) is 26.3 Å². The fourth-order valence-electron chi connectivity index (χ4n) is 2.78. The van der Waals surface area contributed by atoms with Crippen molar-refractivity contribution in [1.82, 2.24) is 9.97 Å². The largest absolute Gasteiger partial charge is 0.416 e. The molecular formula is C22H12F6N6O6S2. The number of anilines is 2. The minimum atomic E-state index is -4.48. The van der Waals surface area contributed by atoms with Gasteiger partial charge in [0.2, 0.25) is 0 Å². The van der Waals surface area contributed by atoms with Gasteiger partial charge in [-0.15, -0.1) is 0 Å². The highest BCUT2D eigenvalue weighted by atomic mass is 32.1. The molecule has 4 rings (SSSR count). The van der Waals surface area contributed by atoms with Gasteiger partial charge in [0.25, 0.3) is 11.8 Å². The maximum atomic E-state index is 12.4. The predicted octanol–water partition coefficient (Wildman–Crippen LogP) is 6.64. The van der Waals surface area contributed by atoms with E-state index in [-0.39, 0.29) is 31.4 Å². The van der Waals surface area contributed by atoms with Crippen LogP contribution in [-0.2, 0) is 12.4 Å². The molecule has 2 N–H and O–H groups in total. The summed E-state index contributed by atoms with van der Waals surface area (Å²) in [6, 6.07) is 7.16. The molecule has 0 unspecified atom stereocenters. The van der Waals surface area contributed by atoms with Crippen molar-refractivity contribution in [1.29, 1.82) is 0 Å². The Balaban J connectivity index is 0.000000230. The molecule has 2 aromatic heterocycles. The third-order valence-corrected chi connectivity index (χ3v) is 6.47. The van der Waals surface area contributed by atoms with Gasteiger partial charge in [0.15, 0.2) is 10.3 Å². The zero-order chi connectivity index (χ0) is 31.2. The van der Waals surface area contributed by atoms with Crippen LogP contribution in [0.2, 0.25) is 0 Å². The second-order valence-electron chi connectivity index (χ2n) is 7.58. The van der Waals surface area contributed by atoms with Crippen molar-refractivity contribution in [2.24, 2.45) is 0 Å². The van der Waals surface area contributed by atoms with Crippen LogP contribution in [0.4, 0.5) is 46.6 Å². The topological polar surface area (TPSA) is 170 Å². The van der Waals surface area contributed by atoms with Crippen LogP contribution in [0, 0.1) is 20.2 Å². The lowest BCUT2D eigenvalue weighted by molar-refractivity contribution is -0.380. The van der Waals surface area contributed by atoms with Crippen molar-refractivity contribution in [3.63, 3.8) is 0 Å². The van der Waals surface area contributed by atoms with E-state index < -0.39 is 45.1 Å². The minimum absolute atomic E-state index is 0.00778. The number of halogens is 6. The molecule has 0 bridgehead atoms. The summed E-state index contributed by atoms with van der Waals surface area (Å²) in [5.41, 5.74) is -1.77. The third kappa shape index (κ3) is 8.51. The third-order valence-electron chi connectivity index (χ3n) is 4.74. The fourth-order valence-corrected chi connectivity index (χ4v) is 4.03.